The van der Waals surface area contributed by atoms with Gasteiger partial charge in [-0.1, -0.05) is 72.8 Å². The molecule has 19 rings (SSSR count). The Morgan fingerprint density at radius 2 is 1.14 bits per heavy atom. The summed E-state index contributed by atoms with van der Waals surface area (Å²) in [5.74, 6) is 0.0586. The van der Waals surface area contributed by atoms with E-state index in [1.54, 1.807) is 48.5 Å². The normalized spacial score (nSPS) is 23.1. The minimum Gasteiger partial charge on any atom is -0.459 e. The van der Waals surface area contributed by atoms with E-state index >= 15 is 4.79 Å². The van der Waals surface area contributed by atoms with Crippen molar-refractivity contribution in [3.63, 3.8) is 0 Å². The molecule has 264 valence electrons. The lowest BCUT2D eigenvalue weighted by Gasteiger charge is -2.45. The third-order valence-corrected chi connectivity index (χ3v) is 17.3. The van der Waals surface area contributed by atoms with Crippen LogP contribution in [-0.4, -0.2) is 18.6 Å². The number of ether oxygens (including phenoxy) is 1. The fourth-order valence-electron chi connectivity index (χ4n) is 16.0. The molecule has 5 aliphatic carbocycles. The van der Waals surface area contributed by atoms with Crippen molar-refractivity contribution in [1.29, 1.82) is 0 Å². The lowest BCUT2D eigenvalue weighted by atomic mass is 9.56. The molecule has 4 atom stereocenters. The van der Waals surface area contributed by atoms with E-state index in [2.05, 4.69) is 83.8 Å². The zero-order chi connectivity index (χ0) is 36.6. The number of benzene rings is 9. The second kappa shape index (κ2) is 7.78. The molecule has 3 nitrogen and oxygen atoms in total. The van der Waals surface area contributed by atoms with E-state index in [-0.39, 0.29) is 24.4 Å². The summed E-state index contributed by atoms with van der Waals surface area (Å²) in [6.07, 6.45) is 4.64. The van der Waals surface area contributed by atoms with E-state index in [1.165, 1.54) is 103 Å². The molecule has 58 heavy (non-hydrogen) atoms. The van der Waals surface area contributed by atoms with Gasteiger partial charge in [-0.2, -0.15) is 0 Å². The molecular weight excluding hydrogens is 707 g/mol. The van der Waals surface area contributed by atoms with Crippen molar-refractivity contribution in [1.82, 2.24) is 0 Å². The van der Waals surface area contributed by atoms with Gasteiger partial charge in [0.05, 0.1) is 0 Å². The van der Waals surface area contributed by atoms with Crippen LogP contribution in [-0.2, 0) is 29.0 Å². The fraction of sp³-hybridized carbons (Fsp3) is 0.145. The quantitative estimate of drug-likeness (QED) is 0.133. The molecule has 0 bridgehead atoms. The zero-order valence-electron chi connectivity index (χ0n) is 31.1. The maximum atomic E-state index is 15.4. The summed E-state index contributed by atoms with van der Waals surface area (Å²) in [6.45, 7) is 1.04. The van der Waals surface area contributed by atoms with Crippen molar-refractivity contribution in [2.24, 2.45) is 5.41 Å². The van der Waals surface area contributed by atoms with E-state index in [9.17, 15) is 0 Å². The van der Waals surface area contributed by atoms with E-state index in [0.29, 0.717) is 0 Å². The van der Waals surface area contributed by atoms with E-state index in [4.69, 9.17) is 4.74 Å². The van der Waals surface area contributed by atoms with Gasteiger partial charge < -0.3 is 9.64 Å². The predicted octanol–water partition coefficient (Wildman–Crippen LogP) is 11.3. The van der Waals surface area contributed by atoms with Gasteiger partial charge in [0.25, 0.3) is 0 Å². The second-order valence-corrected chi connectivity index (χ2v) is 19.2. The van der Waals surface area contributed by atoms with Gasteiger partial charge >= 0.3 is 5.97 Å². The minimum absolute atomic E-state index is 0.0609. The van der Waals surface area contributed by atoms with Crippen molar-refractivity contribution in [2.45, 2.75) is 37.3 Å². The van der Waals surface area contributed by atoms with E-state index in [0.717, 1.165) is 30.6 Å². The molecule has 1 aliphatic heterocycles. The summed E-state index contributed by atoms with van der Waals surface area (Å²) >= 11 is 0. The van der Waals surface area contributed by atoms with Crippen molar-refractivity contribution in [3.05, 3.63) is 141 Å². The third-order valence-electron chi connectivity index (χ3n) is 17.3. The first-order valence-electron chi connectivity index (χ1n) is 21.2. The molecule has 13 aromatic carbocycles. The number of nitrogens with zero attached hydrogens (tertiary/aromatic N) is 1. The number of hydrogen-bond acceptors (Lipinski definition) is 3. The predicted molar refractivity (Wildman–Crippen MR) is 235 cm³/mol. The van der Waals surface area contributed by atoms with Gasteiger partial charge in [0, 0.05) is 29.5 Å². The third kappa shape index (κ3) is 2.26. The number of rotatable bonds is 4. The molecule has 1 saturated heterocycles. The van der Waals surface area contributed by atoms with Crippen molar-refractivity contribution >= 4 is 125 Å². The fourth-order valence-corrected chi connectivity index (χ4v) is 16.0. The Hall–Kier alpha value is -6.71. The molecule has 13 aromatic rings. The van der Waals surface area contributed by atoms with Gasteiger partial charge in [0.15, 0.2) is 0 Å². The zero-order valence-corrected chi connectivity index (χ0v) is 31.1. The second-order valence-electron chi connectivity index (χ2n) is 19.2. The Kier molecular flexibility index (Phi) is 3.63. The lowest BCUT2D eigenvalue weighted by molar-refractivity contribution is -0.148. The van der Waals surface area contributed by atoms with Gasteiger partial charge in [-0.25, -0.2) is 4.79 Å². The van der Waals surface area contributed by atoms with Crippen LogP contribution in [0.4, 0.5) is 5.69 Å². The molecule has 0 saturated carbocycles. The number of para-hydroxylation sites is 1. The van der Waals surface area contributed by atoms with Gasteiger partial charge in [-0.15, -0.1) is 0 Å². The molecule has 0 radical (unpaired) electrons. The number of carbonyl (C=O) groups is 1. The summed E-state index contributed by atoms with van der Waals surface area (Å²) in [6, 6.07) is 33.4. The van der Waals surface area contributed by atoms with Gasteiger partial charge in [-0.3, -0.25) is 0 Å². The maximum Gasteiger partial charge on any atom is 0.330 e. The number of hydrogen-bond donors (Lipinski definition) is 0. The van der Waals surface area contributed by atoms with Crippen molar-refractivity contribution < 1.29 is 9.53 Å². The average molecular weight is 734 g/mol. The van der Waals surface area contributed by atoms with E-state index < -0.39 is 11.5 Å². The number of carbonyl (C=O) groups excluding carboxylic acids is 1. The highest BCUT2D eigenvalue weighted by Crippen LogP contribution is 2.74. The Balaban J connectivity index is 1.06. The number of fused-ring (bicyclic) bond motifs is 1. The summed E-state index contributed by atoms with van der Waals surface area (Å²) in [7, 11) is 0. The van der Waals surface area contributed by atoms with Crippen LogP contribution in [0.25, 0.3) is 114 Å². The first-order chi connectivity index (χ1) is 28.7. The Morgan fingerprint density at radius 1 is 0.569 bits per heavy atom. The molecule has 1 fully saturated rings. The number of anilines is 1. The minimum atomic E-state index is -0.523. The van der Waals surface area contributed by atoms with Gasteiger partial charge in [0.2, 0.25) is 0 Å². The van der Waals surface area contributed by atoms with Crippen LogP contribution < -0.4 is 10.1 Å². The van der Waals surface area contributed by atoms with Crippen LogP contribution in [0, 0.1) is 5.41 Å². The monoisotopic (exact) mass is 733 g/mol. The topological polar surface area (TPSA) is 29.5 Å². The Labute approximate surface area is 328 Å². The van der Waals surface area contributed by atoms with Crippen molar-refractivity contribution in [3.8, 4) is 0 Å². The Bertz CT molecular complexity index is 4260. The van der Waals surface area contributed by atoms with Crippen LogP contribution in [0.1, 0.15) is 56.3 Å². The molecule has 3 heteroatoms. The highest BCUT2D eigenvalue weighted by atomic mass is 16.5. The Morgan fingerprint density at radius 3 is 1.93 bits per heavy atom. The van der Waals surface area contributed by atoms with Crippen molar-refractivity contribution in [2.75, 3.05) is 11.4 Å². The molecule has 0 amide bonds. The number of esters is 1. The summed E-state index contributed by atoms with van der Waals surface area (Å²) in [5.41, 5.74) is 12.2. The van der Waals surface area contributed by atoms with E-state index in [1.807, 2.05) is 18.2 Å². The standard InChI is InChI=1S/C55H27NO2/c57-54(58-20-21-7-3-1-4-8-21)53-55-18-28-16-26-14-23-11-22-12-25-13-24-15-27-17-30(31(55)19-56(53)29-9-5-2-6-10-29)39-44-35(27)34(24)41-36(25)40-32(22)33(23)42-37(26)43-38(28)52(55)51(39)50-48(43)46(42)45(40)47(41)49(44)50/h1-11,13-14,16-18,31,52-53H,12,15,19-20H2. The SMILES string of the molecule is O=C(OCc1ccccc1)C1N(c2ccccc2)CC2c3cc4c5c6c(cc7c8c6c6c9c%10c(c3c59)C3c5c(cc9cc%11cc(c%12c%11c%11c9c5c%10c%11c6c%128)C7)=CC231)C4. The van der Waals surface area contributed by atoms with Crippen LogP contribution >= 0.6 is 0 Å². The smallest absolute Gasteiger partial charge is 0.330 e. The van der Waals surface area contributed by atoms with Crippen LogP contribution in [0.5, 0.6) is 0 Å². The average Bonchev–Trinajstić information content (AvgIpc) is 4.11. The highest BCUT2D eigenvalue weighted by molar-refractivity contribution is 6.62. The van der Waals surface area contributed by atoms with Gasteiger partial charge in [0.1, 0.15) is 12.6 Å². The first kappa shape index (κ1) is 27.0. The lowest BCUT2D eigenvalue weighted by Crippen LogP contribution is -2.49. The highest BCUT2D eigenvalue weighted by Gasteiger charge is 2.67. The largest absolute Gasteiger partial charge is 0.459 e. The van der Waals surface area contributed by atoms with Gasteiger partial charge in [-0.05, 0) is 195 Å². The molecule has 0 aromatic heterocycles. The molecule has 1 heterocycles. The summed E-state index contributed by atoms with van der Waals surface area (Å²) in [4.78, 5) is 17.9. The molecule has 0 N–H and O–H groups in total. The van der Waals surface area contributed by atoms with Crippen LogP contribution in [0.15, 0.2) is 91.0 Å². The molecule has 4 unspecified atom stereocenters. The summed E-state index contributed by atoms with van der Waals surface area (Å²) < 4.78 is 6.55. The van der Waals surface area contributed by atoms with Crippen LogP contribution in [0.2, 0.25) is 0 Å². The summed E-state index contributed by atoms with van der Waals surface area (Å²) in [5, 5.41) is 31.7. The molecule has 1 spiro atoms. The molecular formula is C55H27NO2. The molecule has 6 aliphatic rings. The van der Waals surface area contributed by atoms with Crippen LogP contribution in [0.3, 0.4) is 0 Å². The maximum absolute atomic E-state index is 15.4. The first-order valence-corrected chi connectivity index (χ1v) is 21.2.